The van der Waals surface area contributed by atoms with Crippen LogP contribution in [0.15, 0.2) is 105 Å². The van der Waals surface area contributed by atoms with E-state index >= 15 is 0 Å². The van der Waals surface area contributed by atoms with Crippen molar-refractivity contribution in [3.63, 3.8) is 0 Å². The number of aliphatic hydroxyl groups excluding tert-OH is 2. The lowest BCUT2D eigenvalue weighted by atomic mass is 9.82. The Hall–Kier alpha value is -3.56. The van der Waals surface area contributed by atoms with Gasteiger partial charge in [-0.3, -0.25) is 9.59 Å². The number of fused-ring (bicyclic) bond motifs is 2. The summed E-state index contributed by atoms with van der Waals surface area (Å²) in [7, 11) is 0. The first-order valence-corrected chi connectivity index (χ1v) is 13.8. The van der Waals surface area contributed by atoms with E-state index < -0.39 is 0 Å². The Bertz CT molecular complexity index is 1370. The smallest absolute Gasteiger partial charge is 0.197 e. The molecule has 8 heteroatoms. The van der Waals surface area contributed by atoms with Gasteiger partial charge in [0.25, 0.3) is 0 Å². The average Bonchev–Trinajstić information content (AvgIpc) is 2.95. The number of aliphatic hydroxyl groups is 2. The number of carbonyl (C=O) groups excluding carboxylic acids is 2. The summed E-state index contributed by atoms with van der Waals surface area (Å²) in [6.07, 6.45) is 0. The Morgan fingerprint density at radius 3 is 1.29 bits per heavy atom. The molecular weight excluding hydrogens is 516 g/mol. The van der Waals surface area contributed by atoms with E-state index in [1.54, 1.807) is 12.1 Å². The van der Waals surface area contributed by atoms with Crippen LogP contribution < -0.4 is 10.6 Å². The molecule has 0 saturated heterocycles. The molecule has 0 fully saturated rings. The van der Waals surface area contributed by atoms with Gasteiger partial charge in [0.05, 0.1) is 24.3 Å². The van der Waals surface area contributed by atoms with Crippen LogP contribution in [0.4, 0.5) is 11.4 Å². The zero-order valence-electron chi connectivity index (χ0n) is 20.4. The van der Waals surface area contributed by atoms with Gasteiger partial charge in [0.15, 0.2) is 11.6 Å². The molecule has 0 heterocycles. The van der Waals surface area contributed by atoms with Gasteiger partial charge in [-0.25, -0.2) is 0 Å². The van der Waals surface area contributed by atoms with E-state index in [2.05, 4.69) is 10.6 Å². The summed E-state index contributed by atoms with van der Waals surface area (Å²) in [5.41, 5.74) is 2.28. The molecule has 0 aromatic heterocycles. The fourth-order valence-electron chi connectivity index (χ4n) is 4.42. The Morgan fingerprint density at radius 2 is 0.921 bits per heavy atom. The number of anilines is 2. The molecule has 0 spiro atoms. The topological polar surface area (TPSA) is 98.7 Å². The molecule has 38 heavy (non-hydrogen) atoms. The quantitative estimate of drug-likeness (QED) is 0.182. The van der Waals surface area contributed by atoms with Crippen molar-refractivity contribution in [3.05, 3.63) is 107 Å². The zero-order chi connectivity index (χ0) is 26.5. The van der Waals surface area contributed by atoms with E-state index in [1.807, 2.05) is 72.8 Å². The van der Waals surface area contributed by atoms with Crippen molar-refractivity contribution in [1.29, 1.82) is 0 Å². The number of benzene rings is 4. The van der Waals surface area contributed by atoms with Crippen molar-refractivity contribution in [1.82, 2.24) is 0 Å². The van der Waals surface area contributed by atoms with Gasteiger partial charge >= 0.3 is 0 Å². The van der Waals surface area contributed by atoms with Gasteiger partial charge in [0.2, 0.25) is 0 Å². The zero-order valence-corrected chi connectivity index (χ0v) is 22.1. The molecule has 0 bridgehead atoms. The second kappa shape index (κ2) is 11.9. The maximum Gasteiger partial charge on any atom is 0.197 e. The van der Waals surface area contributed by atoms with Crippen LogP contribution in [0, 0.1) is 0 Å². The fourth-order valence-corrected chi connectivity index (χ4v) is 6.38. The molecule has 1 aliphatic carbocycles. The second-order valence-electron chi connectivity index (χ2n) is 8.51. The van der Waals surface area contributed by atoms with Gasteiger partial charge < -0.3 is 20.8 Å². The van der Waals surface area contributed by atoms with Crippen LogP contribution in [0.1, 0.15) is 31.8 Å². The first-order valence-electron chi connectivity index (χ1n) is 12.2. The van der Waals surface area contributed by atoms with Crippen LogP contribution in [-0.2, 0) is 0 Å². The minimum atomic E-state index is -0.253. The molecule has 4 N–H and O–H groups in total. The molecule has 4 aromatic carbocycles. The molecule has 6 nitrogen and oxygen atoms in total. The summed E-state index contributed by atoms with van der Waals surface area (Å²) in [6.45, 7) is 0.232. The molecule has 192 valence electrons. The van der Waals surface area contributed by atoms with Gasteiger partial charge in [0, 0.05) is 55.2 Å². The Morgan fingerprint density at radius 1 is 0.526 bits per heavy atom. The van der Waals surface area contributed by atoms with Gasteiger partial charge in [-0.1, -0.05) is 59.9 Å². The van der Waals surface area contributed by atoms with Crippen LogP contribution in [0.3, 0.4) is 0 Å². The van der Waals surface area contributed by atoms with E-state index in [0.29, 0.717) is 32.3 Å². The Balaban J connectivity index is 1.71. The number of hydrogen-bond donors (Lipinski definition) is 4. The normalized spacial score (nSPS) is 12.2. The number of ketones is 2. The SMILES string of the molecule is O=C1c2c(NCCO)ccc(NCCO)c2C(=O)c2c(Sc3ccccc3)ccc(Sc3ccccc3)c21. The van der Waals surface area contributed by atoms with E-state index in [-0.39, 0.29) is 49.0 Å². The van der Waals surface area contributed by atoms with E-state index in [1.165, 1.54) is 23.5 Å². The second-order valence-corrected chi connectivity index (χ2v) is 10.7. The third-order valence-corrected chi connectivity index (χ3v) is 8.17. The summed E-state index contributed by atoms with van der Waals surface area (Å²) in [6, 6.07) is 26.8. The van der Waals surface area contributed by atoms with Crippen molar-refractivity contribution in [2.75, 3.05) is 36.9 Å². The first-order chi connectivity index (χ1) is 18.6. The highest BCUT2D eigenvalue weighted by atomic mass is 32.2. The first kappa shape index (κ1) is 26.1. The molecular formula is C30H26N2O4S2. The van der Waals surface area contributed by atoms with Crippen LogP contribution in [-0.4, -0.2) is 48.1 Å². The monoisotopic (exact) mass is 542 g/mol. The largest absolute Gasteiger partial charge is 0.395 e. The van der Waals surface area contributed by atoms with Crippen molar-refractivity contribution in [2.45, 2.75) is 19.6 Å². The van der Waals surface area contributed by atoms with Crippen molar-refractivity contribution >= 4 is 46.5 Å². The maximum atomic E-state index is 14.3. The average molecular weight is 543 g/mol. The minimum absolute atomic E-state index is 0.120. The summed E-state index contributed by atoms with van der Waals surface area (Å²) in [5.74, 6) is -0.506. The molecule has 1 aliphatic rings. The molecule has 0 atom stereocenters. The van der Waals surface area contributed by atoms with E-state index in [9.17, 15) is 19.8 Å². The number of carbonyl (C=O) groups is 2. The fraction of sp³-hybridized carbons (Fsp3) is 0.133. The summed E-state index contributed by atoms with van der Waals surface area (Å²) in [5, 5.41) is 25.0. The third kappa shape index (κ3) is 5.21. The lowest BCUT2D eigenvalue weighted by molar-refractivity contribution is 0.0975. The highest BCUT2D eigenvalue weighted by molar-refractivity contribution is 8.00. The van der Waals surface area contributed by atoms with Gasteiger partial charge in [-0.15, -0.1) is 0 Å². The summed E-state index contributed by atoms with van der Waals surface area (Å²) < 4.78 is 0. The lowest BCUT2D eigenvalue weighted by Crippen LogP contribution is -2.26. The van der Waals surface area contributed by atoms with Crippen LogP contribution in [0.2, 0.25) is 0 Å². The van der Waals surface area contributed by atoms with Crippen LogP contribution in [0.25, 0.3) is 0 Å². The maximum absolute atomic E-state index is 14.3. The summed E-state index contributed by atoms with van der Waals surface area (Å²) in [4.78, 5) is 32.0. The predicted molar refractivity (Wildman–Crippen MR) is 152 cm³/mol. The molecule has 0 unspecified atom stereocenters. The molecule has 4 aromatic rings. The van der Waals surface area contributed by atoms with Gasteiger partial charge in [-0.05, 0) is 48.5 Å². The van der Waals surface area contributed by atoms with Gasteiger partial charge in [0.1, 0.15) is 0 Å². The van der Waals surface area contributed by atoms with Crippen LogP contribution in [0.5, 0.6) is 0 Å². The molecule has 0 aliphatic heterocycles. The van der Waals surface area contributed by atoms with Crippen LogP contribution >= 0.6 is 23.5 Å². The highest BCUT2D eigenvalue weighted by Crippen LogP contribution is 2.45. The summed E-state index contributed by atoms with van der Waals surface area (Å²) >= 11 is 2.90. The number of hydrogen-bond acceptors (Lipinski definition) is 8. The molecule has 5 rings (SSSR count). The molecule has 0 radical (unpaired) electrons. The Kier molecular flexibility index (Phi) is 8.14. The molecule has 0 amide bonds. The van der Waals surface area contributed by atoms with Gasteiger partial charge in [-0.2, -0.15) is 0 Å². The number of nitrogens with one attached hydrogen (secondary N) is 2. The van der Waals surface area contributed by atoms with E-state index in [0.717, 1.165) is 9.79 Å². The highest BCUT2D eigenvalue weighted by Gasteiger charge is 2.37. The van der Waals surface area contributed by atoms with Crippen molar-refractivity contribution in [3.8, 4) is 0 Å². The standard InChI is InChI=1S/C30H26N2O4S2/c33-17-15-31-21-11-12-22(32-16-18-34)26-25(21)29(35)27-23(37-19-7-3-1-4-8-19)13-14-24(28(27)30(26)36)38-20-9-5-2-6-10-20/h1-14,31-34H,15-18H2. The van der Waals surface area contributed by atoms with E-state index in [4.69, 9.17) is 0 Å². The predicted octanol–water partition coefficient (Wildman–Crippen LogP) is 5.57. The lowest BCUT2D eigenvalue weighted by Gasteiger charge is -2.26. The Labute approximate surface area is 229 Å². The molecule has 0 saturated carbocycles. The minimum Gasteiger partial charge on any atom is -0.395 e. The third-order valence-electron chi connectivity index (χ3n) is 6.04. The number of rotatable bonds is 10. The van der Waals surface area contributed by atoms with Crippen molar-refractivity contribution in [2.24, 2.45) is 0 Å². The van der Waals surface area contributed by atoms with Crippen molar-refractivity contribution < 1.29 is 19.8 Å².